The molecule has 0 aromatic heterocycles. The molecule has 0 nitrogen and oxygen atoms in total. The Morgan fingerprint density at radius 2 is 1.89 bits per heavy atom. The molecule has 5 radical (unpaired) electrons. The molecule has 1 rings (SSSR count). The highest BCUT2D eigenvalue weighted by Gasteiger charge is 2.23. The van der Waals surface area contributed by atoms with Gasteiger partial charge >= 0.3 is 0 Å². The second-order valence-electron chi connectivity index (χ2n) is 2.81. The molecule has 0 aliphatic carbocycles. The van der Waals surface area contributed by atoms with Crippen molar-refractivity contribution < 1.29 is 0 Å². The summed E-state index contributed by atoms with van der Waals surface area (Å²) in [6.45, 7) is 0.676. The van der Waals surface area contributed by atoms with E-state index in [1.165, 1.54) is 25.5 Å². The Hall–Kier alpha value is 0.325. The molecule has 0 N–H and O–H groups in total. The molecule has 9 heavy (non-hydrogen) atoms. The number of hydrogen-bond donors (Lipinski definition) is 0. The van der Waals surface area contributed by atoms with Crippen molar-refractivity contribution in [1.82, 2.24) is 0 Å². The van der Waals surface area contributed by atoms with Gasteiger partial charge in [-0.05, 0) is 0 Å². The van der Waals surface area contributed by atoms with Crippen LogP contribution >= 0.6 is 0 Å². The van der Waals surface area contributed by atoms with E-state index in [1.807, 2.05) is 0 Å². The van der Waals surface area contributed by atoms with Crippen molar-refractivity contribution in [1.29, 1.82) is 0 Å². The molecule has 1 aliphatic rings. The Balaban J connectivity index is 2.24. The van der Waals surface area contributed by atoms with Crippen LogP contribution in [0.1, 0.15) is 12.8 Å². The molecule has 0 aromatic rings. The molecular weight excluding hydrogens is 102 g/mol. The Labute approximate surface area is 61.7 Å². The van der Waals surface area contributed by atoms with Crippen LogP contribution in [-0.4, -0.2) is 35.5 Å². The van der Waals surface area contributed by atoms with Crippen molar-refractivity contribution in [3.63, 3.8) is 0 Å². The zero-order valence-electron chi connectivity index (χ0n) is 5.72. The van der Waals surface area contributed by atoms with Gasteiger partial charge in [-0.1, -0.05) is 25.5 Å². The predicted octanol–water partition coefficient (Wildman–Crippen LogP) is -0.202. The van der Waals surface area contributed by atoms with Crippen LogP contribution in [0.25, 0.3) is 0 Å². The van der Waals surface area contributed by atoms with Gasteiger partial charge in [0.05, 0.1) is 6.60 Å². The first-order valence-corrected chi connectivity index (χ1v) is 3.65. The largest absolute Gasteiger partial charge is 0.0904 e. The van der Waals surface area contributed by atoms with Crippen molar-refractivity contribution in [3.8, 4) is 0 Å². The van der Waals surface area contributed by atoms with Gasteiger partial charge in [0.2, 0.25) is 0 Å². The highest BCUT2D eigenvalue weighted by atomic mass is 13.9. The smallest absolute Gasteiger partial charge is 0.0819 e. The van der Waals surface area contributed by atoms with Crippen LogP contribution in [0.2, 0.25) is 12.6 Å². The van der Waals surface area contributed by atoms with E-state index in [0.717, 1.165) is 0 Å². The molecular formula is C4H8B5. The lowest BCUT2D eigenvalue weighted by Gasteiger charge is -2.09. The third kappa shape index (κ3) is 1.88. The van der Waals surface area contributed by atoms with Crippen LogP contribution in [0.4, 0.5) is 0 Å². The molecule has 1 saturated heterocycles. The normalized spacial score (nSPS) is 18.0. The Morgan fingerprint density at radius 1 is 1.33 bits per heavy atom. The number of hydrogen-bond acceptors (Lipinski definition) is 0. The quantitative estimate of drug-likeness (QED) is 0.432. The summed E-state index contributed by atoms with van der Waals surface area (Å²) in [6.07, 6.45) is 5.37. The molecule has 5 heteroatoms. The predicted molar refractivity (Wildman–Crippen MR) is 47.6 cm³/mol. The lowest BCUT2D eigenvalue weighted by Crippen LogP contribution is -2.40. The number of rotatable bonds is 2. The average molecular weight is 110 g/mol. The van der Waals surface area contributed by atoms with E-state index in [1.54, 1.807) is 7.06 Å². The van der Waals surface area contributed by atoms with E-state index < -0.39 is 0 Å². The lowest BCUT2D eigenvalue weighted by molar-refractivity contribution is 0.935. The molecule has 0 atom stereocenters. The van der Waals surface area contributed by atoms with Crippen LogP contribution in [0, 0.1) is 0 Å². The summed E-state index contributed by atoms with van der Waals surface area (Å²) in [4.78, 5) is 0. The van der Waals surface area contributed by atoms with Gasteiger partial charge in [-0.25, -0.2) is 0 Å². The second-order valence-corrected chi connectivity index (χ2v) is 2.81. The van der Waals surface area contributed by atoms with Gasteiger partial charge in [-0.15, -0.1) is 0 Å². The van der Waals surface area contributed by atoms with Gasteiger partial charge in [0.1, 0.15) is 0 Å². The fourth-order valence-corrected chi connectivity index (χ4v) is 1.50. The summed E-state index contributed by atoms with van der Waals surface area (Å²) < 4.78 is 0. The highest BCUT2D eigenvalue weighted by Crippen LogP contribution is 2.19. The van der Waals surface area contributed by atoms with E-state index in [4.69, 9.17) is 15.5 Å². The standard InChI is InChI=1S/C4H8B5/c5-7-9(6)8-3-1-2-4-8/h1-4H2. The van der Waals surface area contributed by atoms with Crippen molar-refractivity contribution >= 4 is 35.5 Å². The summed E-state index contributed by atoms with van der Waals surface area (Å²) in [5.41, 5.74) is 0. The molecule has 1 heterocycles. The molecule has 0 unspecified atom stereocenters. The van der Waals surface area contributed by atoms with Crippen molar-refractivity contribution in [3.05, 3.63) is 0 Å². The van der Waals surface area contributed by atoms with Crippen molar-refractivity contribution in [2.75, 3.05) is 0 Å². The molecule has 0 bridgehead atoms. The molecule has 0 spiro atoms. The first kappa shape index (κ1) is 7.43. The SMILES string of the molecule is [B][B]B([B])B1CCCC1. The minimum absolute atomic E-state index is 0.146. The van der Waals surface area contributed by atoms with Gasteiger partial charge in [0, 0.05) is 28.9 Å². The summed E-state index contributed by atoms with van der Waals surface area (Å²) in [5.74, 6) is 0. The van der Waals surface area contributed by atoms with E-state index in [0.29, 0.717) is 6.60 Å². The molecule has 0 saturated carbocycles. The maximum Gasteiger partial charge on any atom is 0.0904 e. The zero-order chi connectivity index (χ0) is 6.69. The minimum atomic E-state index is 0.146. The van der Waals surface area contributed by atoms with Crippen LogP contribution in [0.15, 0.2) is 0 Å². The van der Waals surface area contributed by atoms with Crippen LogP contribution < -0.4 is 0 Å². The summed E-state index contributed by atoms with van der Waals surface area (Å²) in [5, 5.41) is 0. The Morgan fingerprint density at radius 3 is 2.33 bits per heavy atom. The van der Waals surface area contributed by atoms with E-state index in [9.17, 15) is 0 Å². The van der Waals surface area contributed by atoms with Gasteiger partial charge in [0.25, 0.3) is 0 Å². The fraction of sp³-hybridized carbons (Fsp3) is 1.00. The minimum Gasteiger partial charge on any atom is -0.0819 e. The maximum atomic E-state index is 5.70. The molecule has 0 amide bonds. The van der Waals surface area contributed by atoms with Crippen molar-refractivity contribution in [2.45, 2.75) is 25.5 Å². The first-order chi connectivity index (χ1) is 4.34. The first-order valence-electron chi connectivity index (χ1n) is 3.65. The van der Waals surface area contributed by atoms with E-state index in [2.05, 4.69) is 0 Å². The molecule has 39 valence electrons. The summed E-state index contributed by atoms with van der Waals surface area (Å²) in [7, 11) is 12.6. The zero-order valence-corrected chi connectivity index (χ0v) is 5.72. The maximum absolute atomic E-state index is 5.70. The summed E-state index contributed by atoms with van der Waals surface area (Å²) in [6, 6.07) is 0. The highest BCUT2D eigenvalue weighted by molar-refractivity contribution is 7.67. The molecule has 0 aromatic carbocycles. The third-order valence-corrected chi connectivity index (χ3v) is 2.17. The third-order valence-electron chi connectivity index (χ3n) is 2.17. The van der Waals surface area contributed by atoms with Gasteiger partial charge < -0.3 is 0 Å². The Kier molecular flexibility index (Phi) is 2.88. The van der Waals surface area contributed by atoms with Crippen LogP contribution in [-0.2, 0) is 0 Å². The second kappa shape index (κ2) is 3.48. The van der Waals surface area contributed by atoms with Crippen LogP contribution in [0.5, 0.6) is 0 Å². The average Bonchev–Trinajstić information content (AvgIpc) is 2.37. The van der Waals surface area contributed by atoms with E-state index >= 15 is 0 Å². The van der Waals surface area contributed by atoms with Crippen LogP contribution in [0.3, 0.4) is 0 Å². The summed E-state index contributed by atoms with van der Waals surface area (Å²) >= 11 is 0. The fourth-order valence-electron chi connectivity index (χ4n) is 1.50. The molecule has 1 fully saturated rings. The van der Waals surface area contributed by atoms with Crippen molar-refractivity contribution in [2.24, 2.45) is 0 Å². The topological polar surface area (TPSA) is 0 Å². The van der Waals surface area contributed by atoms with Gasteiger partial charge in [-0.2, -0.15) is 0 Å². The van der Waals surface area contributed by atoms with Gasteiger partial charge in [-0.3, -0.25) is 0 Å². The van der Waals surface area contributed by atoms with E-state index in [-0.39, 0.29) is 6.39 Å². The van der Waals surface area contributed by atoms with Gasteiger partial charge in [0.15, 0.2) is 0 Å². The monoisotopic (exact) mass is 111 g/mol. The Bertz CT molecular complexity index is 79.0. The lowest BCUT2D eigenvalue weighted by atomic mass is 8.84. The molecule has 1 aliphatic heterocycles.